The Hall–Kier alpha value is -3.18. The van der Waals surface area contributed by atoms with Gasteiger partial charge in [0.15, 0.2) is 0 Å². The molecule has 3 atom stereocenters. The molecule has 1 aromatic carbocycles. The zero-order valence-electron chi connectivity index (χ0n) is 25.7. The van der Waals surface area contributed by atoms with Crippen molar-refractivity contribution in [3.05, 3.63) is 57.4 Å². The Kier molecular flexibility index (Phi) is 7.95. The Morgan fingerprint density at radius 3 is 2.42 bits per heavy atom. The van der Waals surface area contributed by atoms with Gasteiger partial charge in [-0.2, -0.15) is 23.0 Å². The number of hydrogen-bond donors (Lipinski definition) is 1. The molecule has 45 heavy (non-hydrogen) atoms. The van der Waals surface area contributed by atoms with E-state index in [0.29, 0.717) is 56.6 Å². The van der Waals surface area contributed by atoms with Crippen LogP contribution in [0, 0.1) is 11.3 Å². The van der Waals surface area contributed by atoms with Crippen LogP contribution in [0.25, 0.3) is 5.57 Å². The summed E-state index contributed by atoms with van der Waals surface area (Å²) >= 11 is 6.50. The molecule has 1 saturated heterocycles. The van der Waals surface area contributed by atoms with E-state index in [-0.39, 0.29) is 47.4 Å². The second-order valence-electron chi connectivity index (χ2n) is 13.7. The van der Waals surface area contributed by atoms with E-state index in [1.54, 1.807) is 6.92 Å². The van der Waals surface area contributed by atoms with Crippen LogP contribution in [-0.4, -0.2) is 81.9 Å². The van der Waals surface area contributed by atoms with Crippen LogP contribution in [0.15, 0.2) is 24.3 Å². The second-order valence-corrected chi connectivity index (χ2v) is 14.1. The number of aliphatic carboxylic acids is 1. The molecule has 4 aliphatic rings. The number of fused-ring (bicyclic) bond motifs is 1. The summed E-state index contributed by atoms with van der Waals surface area (Å²) in [6, 6.07) is 4.44. The molecule has 2 fully saturated rings. The fourth-order valence-electron chi connectivity index (χ4n) is 7.32. The molecule has 0 bridgehead atoms. The first-order chi connectivity index (χ1) is 21.2. The number of carbonyl (C=O) groups excluding carboxylic acids is 2. The van der Waals surface area contributed by atoms with Gasteiger partial charge in [0.05, 0.1) is 32.8 Å². The number of nitrogens with zero attached hydrogens (tertiary/aromatic N) is 4. The fourth-order valence-corrected chi connectivity index (χ4v) is 7.57. The van der Waals surface area contributed by atoms with Gasteiger partial charge in [-0.3, -0.25) is 14.4 Å². The van der Waals surface area contributed by atoms with Crippen LogP contribution in [-0.2, 0) is 27.8 Å². The van der Waals surface area contributed by atoms with Crippen molar-refractivity contribution in [1.29, 1.82) is 0 Å². The molecule has 1 saturated carbocycles. The van der Waals surface area contributed by atoms with Crippen LogP contribution in [0.1, 0.15) is 84.7 Å². The lowest BCUT2D eigenvalue weighted by atomic mass is 9.75. The number of benzene rings is 1. The number of aromatic nitrogens is 2. The average Bonchev–Trinajstić information content (AvgIpc) is 3.52. The molecule has 1 amide bonds. The SMILES string of the molecule is CN(C)[C@@H]1CCN(C(=O)C2CCc3c(C4=CCC(C)(C(=O)O)CC4)nn(C(=O)c4c(Cl)cccc4C4(C(F)(F)F)CC4)c3C2)C1. The Morgan fingerprint density at radius 1 is 1.11 bits per heavy atom. The van der Waals surface area contributed by atoms with Crippen molar-refractivity contribution in [3.63, 3.8) is 0 Å². The van der Waals surface area contributed by atoms with Gasteiger partial charge in [-0.05, 0) is 89.6 Å². The van der Waals surface area contributed by atoms with Crippen LogP contribution < -0.4 is 0 Å². The molecule has 6 rings (SSSR count). The Bertz CT molecular complexity index is 1590. The molecule has 2 heterocycles. The van der Waals surface area contributed by atoms with Gasteiger partial charge in [-0.25, -0.2) is 0 Å². The highest BCUT2D eigenvalue weighted by Crippen LogP contribution is 2.60. The monoisotopic (exact) mass is 646 g/mol. The Labute approximate surface area is 265 Å². The first kappa shape index (κ1) is 31.8. The van der Waals surface area contributed by atoms with Crippen LogP contribution in [0.3, 0.4) is 0 Å². The number of allylic oxidation sites excluding steroid dienone is 2. The number of halogens is 4. The maximum atomic E-state index is 14.4. The summed E-state index contributed by atoms with van der Waals surface area (Å²) in [6.07, 6.45) is 0.253. The summed E-state index contributed by atoms with van der Waals surface area (Å²) in [5.74, 6) is -2.03. The van der Waals surface area contributed by atoms with E-state index in [9.17, 15) is 32.7 Å². The van der Waals surface area contributed by atoms with Crippen molar-refractivity contribution in [2.75, 3.05) is 27.2 Å². The zero-order chi connectivity index (χ0) is 32.5. The standard InChI is InChI=1S/C33H38ClF3N4O4/c1-31(30(44)45)12-9-19(10-13-31)27-22-8-7-20(28(42)40-16-11-21(18-40)39(2)3)17-25(22)41(38-27)29(43)26-23(5-4-6-24(26)34)32(14-15-32)33(35,36)37/h4-6,9,20-21H,7-8,10-18H2,1-3H3,(H,44,45)/t20?,21-,31?/m1/s1. The Morgan fingerprint density at radius 2 is 1.84 bits per heavy atom. The minimum Gasteiger partial charge on any atom is -0.481 e. The van der Waals surface area contributed by atoms with Gasteiger partial charge >= 0.3 is 12.1 Å². The summed E-state index contributed by atoms with van der Waals surface area (Å²) in [5, 5.41) is 14.4. The summed E-state index contributed by atoms with van der Waals surface area (Å²) in [5.41, 5.74) is -0.759. The Balaban J connectivity index is 1.41. The first-order valence-corrected chi connectivity index (χ1v) is 15.9. The normalized spacial score (nSPS) is 26.0. The van der Waals surface area contributed by atoms with E-state index in [1.807, 2.05) is 25.1 Å². The number of carbonyl (C=O) groups is 3. The minimum atomic E-state index is -4.55. The van der Waals surface area contributed by atoms with Crippen LogP contribution in [0.2, 0.25) is 5.02 Å². The molecule has 1 aliphatic heterocycles. The highest BCUT2D eigenvalue weighted by Gasteiger charge is 2.65. The molecule has 0 spiro atoms. The quantitative estimate of drug-likeness (QED) is 0.430. The maximum Gasteiger partial charge on any atom is 0.398 e. The molecule has 8 nitrogen and oxygen atoms in total. The topological polar surface area (TPSA) is 95.7 Å². The van der Waals surface area contributed by atoms with E-state index in [4.69, 9.17) is 16.7 Å². The maximum absolute atomic E-state index is 14.4. The number of rotatable bonds is 6. The molecular weight excluding hydrogens is 609 g/mol. The van der Waals surface area contributed by atoms with Gasteiger partial charge in [-0.15, -0.1) is 0 Å². The van der Waals surface area contributed by atoms with Crippen molar-refractivity contribution in [1.82, 2.24) is 19.6 Å². The minimum absolute atomic E-state index is 0.00768. The van der Waals surface area contributed by atoms with Gasteiger partial charge in [0.1, 0.15) is 0 Å². The van der Waals surface area contributed by atoms with Gasteiger partial charge in [0.25, 0.3) is 5.91 Å². The largest absolute Gasteiger partial charge is 0.481 e. The number of hydrogen-bond acceptors (Lipinski definition) is 5. The number of carboxylic acids is 1. The van der Waals surface area contributed by atoms with Crippen LogP contribution in [0.5, 0.6) is 0 Å². The van der Waals surface area contributed by atoms with E-state index in [1.165, 1.54) is 22.9 Å². The number of likely N-dealkylation sites (tertiary alicyclic amines) is 1. The average molecular weight is 647 g/mol. The third-order valence-electron chi connectivity index (χ3n) is 10.6. The molecule has 12 heteroatoms. The molecule has 1 aromatic heterocycles. The first-order valence-electron chi connectivity index (χ1n) is 15.6. The molecule has 1 N–H and O–H groups in total. The highest BCUT2D eigenvalue weighted by atomic mass is 35.5. The summed E-state index contributed by atoms with van der Waals surface area (Å²) < 4.78 is 44.1. The van der Waals surface area contributed by atoms with Crippen molar-refractivity contribution >= 4 is 35.0 Å². The van der Waals surface area contributed by atoms with Crippen LogP contribution >= 0.6 is 11.6 Å². The third-order valence-corrected chi connectivity index (χ3v) is 10.9. The van der Waals surface area contributed by atoms with Gasteiger partial charge < -0.3 is 14.9 Å². The van der Waals surface area contributed by atoms with Crippen molar-refractivity contribution in [3.8, 4) is 0 Å². The smallest absolute Gasteiger partial charge is 0.398 e. The number of carboxylic acid groups (broad SMARTS) is 1. The van der Waals surface area contributed by atoms with Crippen molar-refractivity contribution in [2.24, 2.45) is 11.3 Å². The van der Waals surface area contributed by atoms with E-state index >= 15 is 0 Å². The summed E-state index contributed by atoms with van der Waals surface area (Å²) in [7, 11) is 3.98. The van der Waals surface area contributed by atoms with E-state index < -0.39 is 34.8 Å². The highest BCUT2D eigenvalue weighted by molar-refractivity contribution is 6.34. The lowest BCUT2D eigenvalue weighted by molar-refractivity contribution is -0.160. The molecule has 3 aliphatic carbocycles. The number of alkyl halides is 3. The lowest BCUT2D eigenvalue weighted by Crippen LogP contribution is -2.40. The molecule has 2 unspecified atom stereocenters. The molecule has 2 aromatic rings. The predicted octanol–water partition coefficient (Wildman–Crippen LogP) is 5.74. The van der Waals surface area contributed by atoms with Gasteiger partial charge in [0, 0.05) is 37.0 Å². The molecule has 242 valence electrons. The van der Waals surface area contributed by atoms with Gasteiger partial charge in [0.2, 0.25) is 5.91 Å². The van der Waals surface area contributed by atoms with Crippen molar-refractivity contribution < 1.29 is 32.7 Å². The van der Waals surface area contributed by atoms with Gasteiger partial charge in [-0.1, -0.05) is 29.8 Å². The zero-order valence-corrected chi connectivity index (χ0v) is 26.5. The van der Waals surface area contributed by atoms with E-state index in [0.717, 1.165) is 17.6 Å². The fraction of sp³-hybridized carbons (Fsp3) is 0.576. The predicted molar refractivity (Wildman–Crippen MR) is 162 cm³/mol. The second kappa shape index (κ2) is 11.3. The lowest BCUT2D eigenvalue weighted by Gasteiger charge is -2.29. The van der Waals surface area contributed by atoms with Crippen LogP contribution in [0.4, 0.5) is 13.2 Å². The molecular formula is C33H38ClF3N4O4. The van der Waals surface area contributed by atoms with E-state index in [2.05, 4.69) is 4.90 Å². The summed E-state index contributed by atoms with van der Waals surface area (Å²) in [6.45, 7) is 2.96. The van der Waals surface area contributed by atoms with Crippen molar-refractivity contribution in [2.45, 2.75) is 82.3 Å². The molecule has 0 radical (unpaired) electrons. The summed E-state index contributed by atoms with van der Waals surface area (Å²) in [4.78, 5) is 43.9. The number of amides is 1. The third kappa shape index (κ3) is 5.39. The number of likely N-dealkylation sites (N-methyl/N-ethyl adjacent to an activating group) is 1.